The molecule has 0 fully saturated rings. The second-order valence-electron chi connectivity index (χ2n) is 5.82. The average molecular weight is 330 g/mol. The normalized spacial score (nSPS) is 10.9. The number of nitrogens with one attached hydrogen (secondary N) is 1. The number of hydrogen-bond acceptors (Lipinski definition) is 5. The second kappa shape index (κ2) is 6.68. The molecule has 4 rings (SSSR count). The lowest BCUT2D eigenvalue weighted by Gasteiger charge is -2.08. The fraction of sp³-hybridized carbons (Fsp3) is 0.158. The van der Waals surface area contributed by atoms with Crippen molar-refractivity contribution in [2.75, 3.05) is 11.9 Å². The van der Waals surface area contributed by atoms with Crippen LogP contribution >= 0.6 is 0 Å². The molecule has 6 nitrogen and oxygen atoms in total. The van der Waals surface area contributed by atoms with Crippen molar-refractivity contribution >= 4 is 11.5 Å². The lowest BCUT2D eigenvalue weighted by molar-refractivity contribution is 0.929. The minimum atomic E-state index is 0.686. The van der Waals surface area contributed by atoms with Gasteiger partial charge in [0.15, 0.2) is 5.82 Å². The maximum absolute atomic E-state index is 4.60. The number of rotatable bonds is 5. The summed E-state index contributed by atoms with van der Waals surface area (Å²) < 4.78 is 2.11. The molecule has 0 aliphatic carbocycles. The number of hydrogen-bond donors (Lipinski definition) is 1. The summed E-state index contributed by atoms with van der Waals surface area (Å²) in [7, 11) is 0. The molecule has 0 bridgehead atoms. The molecule has 1 N–H and O–H groups in total. The van der Waals surface area contributed by atoms with Crippen LogP contribution in [0.2, 0.25) is 0 Å². The van der Waals surface area contributed by atoms with Crippen LogP contribution in [0.4, 0.5) is 5.82 Å². The summed E-state index contributed by atoms with van der Waals surface area (Å²) in [5.41, 5.74) is 3.97. The highest BCUT2D eigenvalue weighted by Crippen LogP contribution is 2.16. The predicted octanol–water partition coefficient (Wildman–Crippen LogP) is 3.15. The highest BCUT2D eigenvalue weighted by molar-refractivity contribution is 5.56. The quantitative estimate of drug-likeness (QED) is 0.609. The van der Waals surface area contributed by atoms with Crippen LogP contribution in [0.3, 0.4) is 0 Å². The zero-order chi connectivity index (χ0) is 17.1. The molecule has 0 saturated carbocycles. The van der Waals surface area contributed by atoms with Crippen molar-refractivity contribution in [2.45, 2.75) is 13.3 Å². The first-order valence-electron chi connectivity index (χ1n) is 8.20. The summed E-state index contributed by atoms with van der Waals surface area (Å²) in [4.78, 5) is 17.6. The Morgan fingerprint density at radius 1 is 1.08 bits per heavy atom. The van der Waals surface area contributed by atoms with Gasteiger partial charge in [-0.2, -0.15) is 0 Å². The second-order valence-corrected chi connectivity index (χ2v) is 5.82. The van der Waals surface area contributed by atoms with Gasteiger partial charge in [-0.1, -0.05) is 6.07 Å². The lowest BCUT2D eigenvalue weighted by Crippen LogP contribution is -2.09. The molecule has 25 heavy (non-hydrogen) atoms. The maximum atomic E-state index is 4.60. The third kappa shape index (κ3) is 3.33. The van der Waals surface area contributed by atoms with Crippen LogP contribution in [0, 0.1) is 6.92 Å². The van der Waals surface area contributed by atoms with Crippen molar-refractivity contribution in [2.24, 2.45) is 0 Å². The molecule has 0 aliphatic heterocycles. The first-order valence-corrected chi connectivity index (χ1v) is 8.20. The molecule has 124 valence electrons. The Morgan fingerprint density at radius 2 is 2.04 bits per heavy atom. The number of nitrogens with zero attached hydrogens (tertiary/aromatic N) is 5. The zero-order valence-electron chi connectivity index (χ0n) is 13.9. The Hall–Kier alpha value is -3.28. The van der Waals surface area contributed by atoms with Crippen LogP contribution in [0.25, 0.3) is 17.0 Å². The van der Waals surface area contributed by atoms with E-state index in [0.29, 0.717) is 5.82 Å². The Labute approximate surface area is 145 Å². The van der Waals surface area contributed by atoms with Crippen LogP contribution in [0.15, 0.2) is 61.2 Å². The average Bonchev–Trinajstić information content (AvgIpc) is 3.05. The van der Waals surface area contributed by atoms with Crippen molar-refractivity contribution in [3.05, 3.63) is 72.6 Å². The van der Waals surface area contributed by atoms with Crippen LogP contribution in [-0.4, -0.2) is 30.9 Å². The van der Waals surface area contributed by atoms with Crippen LogP contribution in [-0.2, 0) is 6.42 Å². The van der Waals surface area contributed by atoms with Crippen molar-refractivity contribution in [1.82, 2.24) is 24.3 Å². The molecule has 4 aromatic rings. The van der Waals surface area contributed by atoms with Gasteiger partial charge in [0, 0.05) is 60.8 Å². The first-order chi connectivity index (χ1) is 12.3. The van der Waals surface area contributed by atoms with Crippen molar-refractivity contribution < 1.29 is 0 Å². The Balaban J connectivity index is 1.49. The van der Waals surface area contributed by atoms with Gasteiger partial charge in [-0.3, -0.25) is 4.98 Å². The standard InChI is InChI=1S/C19H18N6/c1-14-11-17(24-19(23-14)15-5-4-8-20-12-15)21-9-7-16-13-22-18-6-2-3-10-25(16)18/h2-6,8,10-13H,7,9H2,1H3,(H,21,23,24). The Morgan fingerprint density at radius 3 is 2.92 bits per heavy atom. The first kappa shape index (κ1) is 15.3. The van der Waals surface area contributed by atoms with Gasteiger partial charge < -0.3 is 9.72 Å². The molecule has 0 spiro atoms. The molecular weight excluding hydrogens is 312 g/mol. The largest absolute Gasteiger partial charge is 0.370 e. The van der Waals surface area contributed by atoms with E-state index in [-0.39, 0.29) is 0 Å². The summed E-state index contributed by atoms with van der Waals surface area (Å²) >= 11 is 0. The molecule has 0 aliphatic rings. The van der Waals surface area contributed by atoms with E-state index in [1.165, 1.54) is 5.69 Å². The van der Waals surface area contributed by atoms with E-state index in [1.54, 1.807) is 12.4 Å². The number of pyridine rings is 2. The number of anilines is 1. The highest BCUT2D eigenvalue weighted by Gasteiger charge is 2.06. The summed E-state index contributed by atoms with van der Waals surface area (Å²) in [6.45, 7) is 2.74. The lowest BCUT2D eigenvalue weighted by atomic mass is 10.2. The molecule has 0 radical (unpaired) electrons. The third-order valence-electron chi connectivity index (χ3n) is 3.95. The molecule has 0 atom stereocenters. The number of aryl methyl sites for hydroxylation is 1. The van der Waals surface area contributed by atoms with E-state index >= 15 is 0 Å². The summed E-state index contributed by atoms with van der Waals surface area (Å²) in [6, 6.07) is 11.8. The van der Waals surface area contributed by atoms with E-state index in [1.807, 2.05) is 55.7 Å². The maximum Gasteiger partial charge on any atom is 0.163 e. The molecule has 0 unspecified atom stereocenters. The molecule has 0 aromatic carbocycles. The van der Waals surface area contributed by atoms with Gasteiger partial charge in [0.2, 0.25) is 0 Å². The van der Waals surface area contributed by atoms with Crippen molar-refractivity contribution in [3.63, 3.8) is 0 Å². The molecule has 0 amide bonds. The van der Waals surface area contributed by atoms with Crippen LogP contribution in [0.1, 0.15) is 11.4 Å². The zero-order valence-corrected chi connectivity index (χ0v) is 13.9. The molecule has 4 heterocycles. The minimum Gasteiger partial charge on any atom is -0.370 e. The van der Waals surface area contributed by atoms with Crippen LogP contribution < -0.4 is 5.32 Å². The number of fused-ring (bicyclic) bond motifs is 1. The van der Waals surface area contributed by atoms with Gasteiger partial charge >= 0.3 is 0 Å². The Bertz CT molecular complexity index is 993. The molecule has 4 aromatic heterocycles. The van der Waals surface area contributed by atoms with Gasteiger partial charge in [-0.05, 0) is 31.2 Å². The van der Waals surface area contributed by atoms with E-state index in [2.05, 4.69) is 29.7 Å². The van der Waals surface area contributed by atoms with Gasteiger partial charge in [0.05, 0.1) is 0 Å². The van der Waals surface area contributed by atoms with Crippen molar-refractivity contribution in [3.8, 4) is 11.4 Å². The topological polar surface area (TPSA) is 68.0 Å². The number of imidazole rings is 1. The van der Waals surface area contributed by atoms with Gasteiger partial charge in [-0.15, -0.1) is 0 Å². The SMILES string of the molecule is Cc1cc(NCCc2cnc3ccccn23)nc(-c2cccnc2)n1. The van der Waals surface area contributed by atoms with Gasteiger partial charge in [0.1, 0.15) is 11.5 Å². The fourth-order valence-electron chi connectivity index (χ4n) is 2.77. The van der Waals surface area contributed by atoms with Gasteiger partial charge in [-0.25, -0.2) is 15.0 Å². The smallest absolute Gasteiger partial charge is 0.163 e. The minimum absolute atomic E-state index is 0.686. The monoisotopic (exact) mass is 330 g/mol. The van der Waals surface area contributed by atoms with E-state index in [0.717, 1.165) is 35.7 Å². The van der Waals surface area contributed by atoms with Crippen molar-refractivity contribution in [1.29, 1.82) is 0 Å². The molecule has 6 heteroatoms. The fourth-order valence-corrected chi connectivity index (χ4v) is 2.77. The summed E-state index contributed by atoms with van der Waals surface area (Å²) in [5.74, 6) is 1.51. The summed E-state index contributed by atoms with van der Waals surface area (Å²) in [5, 5.41) is 3.39. The van der Waals surface area contributed by atoms with Gasteiger partial charge in [0.25, 0.3) is 0 Å². The van der Waals surface area contributed by atoms with E-state index in [9.17, 15) is 0 Å². The number of aromatic nitrogens is 5. The van der Waals surface area contributed by atoms with E-state index < -0.39 is 0 Å². The molecule has 0 saturated heterocycles. The van der Waals surface area contributed by atoms with E-state index in [4.69, 9.17) is 0 Å². The predicted molar refractivity (Wildman–Crippen MR) is 97.4 cm³/mol. The Kier molecular flexibility index (Phi) is 4.08. The third-order valence-corrected chi connectivity index (χ3v) is 3.95. The molecular formula is C19H18N6. The highest BCUT2D eigenvalue weighted by atomic mass is 15.0. The van der Waals surface area contributed by atoms with Crippen LogP contribution in [0.5, 0.6) is 0 Å². The summed E-state index contributed by atoms with van der Waals surface area (Å²) in [6.07, 6.45) is 8.33.